The summed E-state index contributed by atoms with van der Waals surface area (Å²) in [5.74, 6) is 0.744. The van der Waals surface area contributed by atoms with Gasteiger partial charge < -0.3 is 24.5 Å². The molecule has 0 saturated heterocycles. The molecule has 1 aliphatic rings. The molecule has 1 atom stereocenters. The Morgan fingerprint density at radius 3 is 2.62 bits per heavy atom. The summed E-state index contributed by atoms with van der Waals surface area (Å²) in [6.45, 7) is 6.86. The Morgan fingerprint density at radius 1 is 1.18 bits per heavy atom. The molecule has 0 spiro atoms. The second-order valence-electron chi connectivity index (χ2n) is 7.81. The molecule has 0 radical (unpaired) electrons. The summed E-state index contributed by atoms with van der Waals surface area (Å²) in [6, 6.07) is 13.1. The Balaban J connectivity index is 1.91. The zero-order valence-electron chi connectivity index (χ0n) is 19.4. The van der Waals surface area contributed by atoms with E-state index in [9.17, 15) is 10.1 Å². The summed E-state index contributed by atoms with van der Waals surface area (Å²) in [6.07, 6.45) is 3.41. The Kier molecular flexibility index (Phi) is 6.55. The molecule has 8 heteroatoms. The summed E-state index contributed by atoms with van der Waals surface area (Å²) < 4.78 is 18.9. The van der Waals surface area contributed by atoms with Gasteiger partial charge in [-0.05, 0) is 50.1 Å². The fraction of sp³-hybridized carbons (Fsp3) is 0.269. The van der Waals surface area contributed by atoms with E-state index in [2.05, 4.69) is 11.1 Å². The maximum atomic E-state index is 13.8. The molecule has 0 saturated carbocycles. The van der Waals surface area contributed by atoms with Crippen molar-refractivity contribution in [3.05, 3.63) is 93.0 Å². The van der Waals surface area contributed by atoms with Crippen molar-refractivity contribution in [2.75, 3.05) is 13.2 Å². The number of pyridine rings is 2. The molecule has 4 rings (SSSR count). The largest absolute Gasteiger partial charge is 0.490 e. The molecule has 0 aliphatic carbocycles. The Labute approximate surface area is 197 Å². The fourth-order valence-corrected chi connectivity index (χ4v) is 4.14. The third kappa shape index (κ3) is 4.20. The van der Waals surface area contributed by atoms with Crippen molar-refractivity contribution in [2.24, 2.45) is 5.73 Å². The number of nitrogens with two attached hydrogens (primary N) is 1. The van der Waals surface area contributed by atoms with Crippen molar-refractivity contribution in [2.45, 2.75) is 33.2 Å². The number of aromatic nitrogens is 2. The Hall–Kier alpha value is -4.25. The molecule has 1 unspecified atom stereocenters. The summed E-state index contributed by atoms with van der Waals surface area (Å²) in [7, 11) is 0. The lowest BCUT2D eigenvalue weighted by Crippen LogP contribution is -2.33. The monoisotopic (exact) mass is 458 g/mol. The van der Waals surface area contributed by atoms with Gasteiger partial charge in [0, 0.05) is 24.2 Å². The number of rotatable bonds is 7. The van der Waals surface area contributed by atoms with Gasteiger partial charge in [-0.3, -0.25) is 9.78 Å². The first-order valence-electron chi connectivity index (χ1n) is 11.1. The van der Waals surface area contributed by atoms with Crippen LogP contribution in [-0.2, 0) is 6.54 Å². The highest BCUT2D eigenvalue weighted by Gasteiger charge is 2.35. The summed E-state index contributed by atoms with van der Waals surface area (Å²) >= 11 is 0. The van der Waals surface area contributed by atoms with Crippen LogP contribution in [0.1, 0.15) is 42.1 Å². The van der Waals surface area contributed by atoms with Crippen molar-refractivity contribution in [3.8, 4) is 23.3 Å². The van der Waals surface area contributed by atoms with Crippen LogP contribution in [0, 0.1) is 18.3 Å². The highest BCUT2D eigenvalue weighted by Crippen LogP contribution is 2.42. The topological polar surface area (TPSA) is 112 Å². The molecule has 0 bridgehead atoms. The highest BCUT2D eigenvalue weighted by molar-refractivity contribution is 5.57. The van der Waals surface area contributed by atoms with Crippen LogP contribution in [0.25, 0.3) is 0 Å². The van der Waals surface area contributed by atoms with Gasteiger partial charge in [0.2, 0.25) is 5.88 Å². The lowest BCUT2D eigenvalue weighted by molar-refractivity contribution is 0.287. The van der Waals surface area contributed by atoms with E-state index in [0.29, 0.717) is 53.8 Å². The smallest absolute Gasteiger partial charge is 0.259 e. The zero-order chi connectivity index (χ0) is 24.2. The van der Waals surface area contributed by atoms with Gasteiger partial charge >= 0.3 is 0 Å². The van der Waals surface area contributed by atoms with Gasteiger partial charge in [-0.15, -0.1) is 0 Å². The quantitative estimate of drug-likeness (QED) is 0.575. The summed E-state index contributed by atoms with van der Waals surface area (Å²) in [4.78, 5) is 17.9. The SMILES string of the molecule is CCOc1ccc(C2C(C#N)=C(N)Oc3cc(C)n(Cc4cccnc4)c(=O)c32)cc1OCC. The molecule has 3 heterocycles. The number of nitriles is 1. The van der Waals surface area contributed by atoms with E-state index < -0.39 is 5.92 Å². The van der Waals surface area contributed by atoms with Gasteiger partial charge in [0.05, 0.1) is 31.2 Å². The predicted octanol–water partition coefficient (Wildman–Crippen LogP) is 3.62. The molecule has 2 aromatic heterocycles. The van der Waals surface area contributed by atoms with Crippen LogP contribution < -0.4 is 25.5 Å². The Bertz CT molecular complexity index is 1340. The molecule has 0 amide bonds. The van der Waals surface area contributed by atoms with Gasteiger partial charge in [0.1, 0.15) is 17.4 Å². The van der Waals surface area contributed by atoms with Crippen LogP contribution in [0.3, 0.4) is 0 Å². The number of allylic oxidation sites excluding steroid dienone is 1. The van der Waals surface area contributed by atoms with Crippen molar-refractivity contribution < 1.29 is 14.2 Å². The van der Waals surface area contributed by atoms with Crippen molar-refractivity contribution >= 4 is 0 Å². The van der Waals surface area contributed by atoms with Crippen LogP contribution in [0.4, 0.5) is 0 Å². The van der Waals surface area contributed by atoms with Crippen LogP contribution >= 0.6 is 0 Å². The number of aryl methyl sites for hydroxylation is 1. The van der Waals surface area contributed by atoms with E-state index in [0.717, 1.165) is 5.56 Å². The predicted molar refractivity (Wildman–Crippen MR) is 127 cm³/mol. The molecule has 1 aliphatic heterocycles. The van der Waals surface area contributed by atoms with Gasteiger partial charge in [-0.1, -0.05) is 12.1 Å². The third-order valence-electron chi connectivity index (χ3n) is 5.65. The van der Waals surface area contributed by atoms with Gasteiger partial charge in [0.15, 0.2) is 11.5 Å². The molecular weight excluding hydrogens is 432 g/mol. The van der Waals surface area contributed by atoms with E-state index in [1.807, 2.05) is 39.0 Å². The molecule has 1 aromatic carbocycles. The number of benzene rings is 1. The fourth-order valence-electron chi connectivity index (χ4n) is 4.14. The minimum atomic E-state index is -0.711. The van der Waals surface area contributed by atoms with Crippen LogP contribution in [0.2, 0.25) is 0 Å². The number of ether oxygens (including phenoxy) is 3. The van der Waals surface area contributed by atoms with E-state index >= 15 is 0 Å². The first-order chi connectivity index (χ1) is 16.5. The standard InChI is InChI=1S/C26H26N4O4/c1-4-32-20-9-8-18(12-21(20)33-5-2)23-19(13-27)25(28)34-22-11-16(3)30(26(31)24(22)23)15-17-7-6-10-29-14-17/h6-12,14,23H,4-5,15,28H2,1-3H3. The van der Waals surface area contributed by atoms with Gasteiger partial charge in [-0.25, -0.2) is 0 Å². The average Bonchev–Trinajstić information content (AvgIpc) is 2.83. The van der Waals surface area contributed by atoms with Crippen LogP contribution in [-0.4, -0.2) is 22.8 Å². The second-order valence-corrected chi connectivity index (χ2v) is 7.81. The molecule has 2 N–H and O–H groups in total. The normalized spacial score (nSPS) is 14.7. The number of fused-ring (bicyclic) bond motifs is 1. The minimum absolute atomic E-state index is 0.0179. The van der Waals surface area contributed by atoms with Crippen molar-refractivity contribution in [1.82, 2.24) is 9.55 Å². The lowest BCUT2D eigenvalue weighted by atomic mass is 9.84. The van der Waals surface area contributed by atoms with E-state index in [1.54, 1.807) is 35.2 Å². The summed E-state index contributed by atoms with van der Waals surface area (Å²) in [5.41, 5.74) is 8.68. The van der Waals surface area contributed by atoms with Crippen molar-refractivity contribution in [1.29, 1.82) is 5.26 Å². The van der Waals surface area contributed by atoms with Gasteiger partial charge in [-0.2, -0.15) is 5.26 Å². The number of nitrogens with zero attached hydrogens (tertiary/aromatic N) is 3. The maximum absolute atomic E-state index is 13.8. The van der Waals surface area contributed by atoms with Crippen LogP contribution in [0.15, 0.2) is 65.0 Å². The second kappa shape index (κ2) is 9.71. The van der Waals surface area contributed by atoms with Crippen LogP contribution in [0.5, 0.6) is 17.2 Å². The molecular formula is C26H26N4O4. The molecule has 0 fully saturated rings. The first kappa shape index (κ1) is 22.9. The van der Waals surface area contributed by atoms with E-state index in [4.69, 9.17) is 19.9 Å². The van der Waals surface area contributed by atoms with E-state index in [1.165, 1.54) is 0 Å². The average molecular weight is 459 g/mol. The molecule has 3 aromatic rings. The minimum Gasteiger partial charge on any atom is -0.490 e. The third-order valence-corrected chi connectivity index (χ3v) is 5.65. The number of hydrogen-bond acceptors (Lipinski definition) is 7. The lowest BCUT2D eigenvalue weighted by Gasteiger charge is -2.28. The molecule has 8 nitrogen and oxygen atoms in total. The number of hydrogen-bond donors (Lipinski definition) is 1. The zero-order valence-corrected chi connectivity index (χ0v) is 19.4. The molecule has 34 heavy (non-hydrogen) atoms. The Morgan fingerprint density at radius 2 is 1.94 bits per heavy atom. The van der Waals surface area contributed by atoms with E-state index in [-0.39, 0.29) is 17.0 Å². The molecule has 174 valence electrons. The first-order valence-corrected chi connectivity index (χ1v) is 11.1. The summed E-state index contributed by atoms with van der Waals surface area (Å²) in [5, 5.41) is 9.94. The maximum Gasteiger partial charge on any atom is 0.259 e. The van der Waals surface area contributed by atoms with Crippen molar-refractivity contribution in [3.63, 3.8) is 0 Å². The van der Waals surface area contributed by atoms with Gasteiger partial charge in [0.25, 0.3) is 5.56 Å². The highest BCUT2D eigenvalue weighted by atomic mass is 16.5.